The Morgan fingerprint density at radius 2 is 1.88 bits per heavy atom. The summed E-state index contributed by atoms with van der Waals surface area (Å²) in [6, 6.07) is 7.06. The van der Waals surface area contributed by atoms with E-state index >= 15 is 0 Å². The van der Waals surface area contributed by atoms with Crippen molar-refractivity contribution in [3.63, 3.8) is 0 Å². The Bertz CT molecular complexity index is 1150. The summed E-state index contributed by atoms with van der Waals surface area (Å²) in [6.45, 7) is 7.57. The number of amides is 1. The van der Waals surface area contributed by atoms with Gasteiger partial charge in [-0.05, 0) is 39.8 Å². The zero-order valence-corrected chi connectivity index (χ0v) is 19.5. The van der Waals surface area contributed by atoms with Crippen molar-refractivity contribution in [1.82, 2.24) is 25.1 Å². The van der Waals surface area contributed by atoms with E-state index in [9.17, 15) is 9.59 Å². The number of rotatable bonds is 7. The number of pyridine rings is 1. The van der Waals surface area contributed by atoms with Gasteiger partial charge in [0, 0.05) is 24.9 Å². The van der Waals surface area contributed by atoms with Crippen LogP contribution in [0.5, 0.6) is 11.5 Å². The second-order valence-corrected chi connectivity index (χ2v) is 7.46. The van der Waals surface area contributed by atoms with Gasteiger partial charge in [0.05, 0.1) is 19.8 Å². The standard InChI is InChI=1S/C23H27N5O5/c1-7-32-23(30)33-19-17(31-6)8-9-24-18(19)22(29)25-15(4)21-26-20(27-28(21)5)16-11-13(2)10-14(3)12-16/h8-12,15H,7H2,1-6H3,(H,25,29)/t15-/m0/s1. The molecule has 0 aliphatic heterocycles. The molecule has 0 saturated carbocycles. The third kappa shape index (κ3) is 5.46. The Balaban J connectivity index is 1.85. The number of aromatic nitrogens is 4. The van der Waals surface area contributed by atoms with E-state index in [0.29, 0.717) is 11.6 Å². The van der Waals surface area contributed by atoms with Crippen molar-refractivity contribution in [2.75, 3.05) is 13.7 Å². The van der Waals surface area contributed by atoms with Crippen molar-refractivity contribution in [3.8, 4) is 22.9 Å². The predicted molar refractivity (Wildman–Crippen MR) is 120 cm³/mol. The van der Waals surface area contributed by atoms with Gasteiger partial charge in [0.1, 0.15) is 5.82 Å². The number of ether oxygens (including phenoxy) is 3. The average molecular weight is 453 g/mol. The molecule has 1 amide bonds. The lowest BCUT2D eigenvalue weighted by molar-refractivity contribution is 0.0914. The van der Waals surface area contributed by atoms with E-state index in [1.54, 1.807) is 25.6 Å². The first kappa shape index (κ1) is 23.7. The van der Waals surface area contributed by atoms with Crippen LogP contribution in [0.15, 0.2) is 30.5 Å². The van der Waals surface area contributed by atoms with Crippen LogP contribution in [0.4, 0.5) is 4.79 Å². The number of nitrogens with zero attached hydrogens (tertiary/aromatic N) is 4. The largest absolute Gasteiger partial charge is 0.514 e. The van der Waals surface area contributed by atoms with Crippen LogP contribution in [-0.4, -0.2) is 45.5 Å². The number of methoxy groups -OCH3 is 1. The molecule has 3 rings (SSSR count). The summed E-state index contributed by atoms with van der Waals surface area (Å²) in [4.78, 5) is 33.6. The van der Waals surface area contributed by atoms with Crippen LogP contribution in [0.2, 0.25) is 0 Å². The highest BCUT2D eigenvalue weighted by Crippen LogP contribution is 2.30. The average Bonchev–Trinajstić information content (AvgIpc) is 3.15. The van der Waals surface area contributed by atoms with Gasteiger partial charge in [-0.15, -0.1) is 0 Å². The molecule has 0 bridgehead atoms. The van der Waals surface area contributed by atoms with Crippen LogP contribution < -0.4 is 14.8 Å². The fraction of sp³-hybridized carbons (Fsp3) is 0.348. The molecular weight excluding hydrogens is 426 g/mol. The Morgan fingerprint density at radius 1 is 1.18 bits per heavy atom. The van der Waals surface area contributed by atoms with Gasteiger partial charge in [-0.1, -0.05) is 17.2 Å². The molecule has 0 unspecified atom stereocenters. The minimum Gasteiger partial charge on any atom is -0.493 e. The minimum atomic E-state index is -0.961. The van der Waals surface area contributed by atoms with Gasteiger partial charge >= 0.3 is 6.16 Å². The van der Waals surface area contributed by atoms with Crippen LogP contribution in [0, 0.1) is 13.8 Å². The number of benzene rings is 1. The molecule has 2 aromatic heterocycles. The lowest BCUT2D eigenvalue weighted by Gasteiger charge is -2.15. The summed E-state index contributed by atoms with van der Waals surface area (Å²) in [6.07, 6.45) is 0.425. The molecule has 33 heavy (non-hydrogen) atoms. The minimum absolute atomic E-state index is 0.119. The number of aryl methyl sites for hydroxylation is 3. The highest BCUT2D eigenvalue weighted by atomic mass is 16.7. The van der Waals surface area contributed by atoms with E-state index in [1.165, 1.54) is 19.4 Å². The highest BCUT2D eigenvalue weighted by molar-refractivity contribution is 5.96. The summed E-state index contributed by atoms with van der Waals surface area (Å²) in [5.74, 6) is 0.583. The molecule has 0 fully saturated rings. The number of nitrogens with one attached hydrogen (secondary N) is 1. The maximum Gasteiger partial charge on any atom is 0.514 e. The molecule has 0 aliphatic carbocycles. The first-order chi connectivity index (χ1) is 15.7. The Hall–Kier alpha value is -3.95. The van der Waals surface area contributed by atoms with Crippen LogP contribution >= 0.6 is 0 Å². The third-order valence-electron chi connectivity index (χ3n) is 4.76. The van der Waals surface area contributed by atoms with Crippen LogP contribution in [0.1, 0.15) is 47.3 Å². The van der Waals surface area contributed by atoms with Gasteiger partial charge in [0.25, 0.3) is 5.91 Å². The second kappa shape index (κ2) is 10.1. The molecule has 1 N–H and O–H groups in total. The van der Waals surface area contributed by atoms with Gasteiger partial charge in [-0.25, -0.2) is 14.8 Å². The van der Waals surface area contributed by atoms with Crippen LogP contribution in [0.25, 0.3) is 11.4 Å². The summed E-state index contributed by atoms with van der Waals surface area (Å²) >= 11 is 0. The molecule has 10 nitrogen and oxygen atoms in total. The molecule has 0 radical (unpaired) electrons. The number of hydrogen-bond acceptors (Lipinski definition) is 8. The molecule has 174 valence electrons. The summed E-state index contributed by atoms with van der Waals surface area (Å²) in [7, 11) is 3.15. The predicted octanol–water partition coefficient (Wildman–Crippen LogP) is 3.53. The van der Waals surface area contributed by atoms with Gasteiger partial charge < -0.3 is 19.5 Å². The molecule has 1 aromatic carbocycles. The highest BCUT2D eigenvalue weighted by Gasteiger charge is 2.25. The molecule has 0 saturated heterocycles. The molecule has 0 aliphatic rings. The van der Waals surface area contributed by atoms with Crippen molar-refractivity contribution >= 4 is 12.1 Å². The summed E-state index contributed by atoms with van der Waals surface area (Å²) in [5, 5.41) is 7.33. The smallest absolute Gasteiger partial charge is 0.493 e. The van der Waals surface area contributed by atoms with Crippen molar-refractivity contribution < 1.29 is 23.8 Å². The quantitative estimate of drug-likeness (QED) is 0.540. The Morgan fingerprint density at radius 3 is 2.52 bits per heavy atom. The monoisotopic (exact) mass is 453 g/mol. The first-order valence-electron chi connectivity index (χ1n) is 10.4. The van der Waals surface area contributed by atoms with Crippen molar-refractivity contribution in [1.29, 1.82) is 0 Å². The van der Waals surface area contributed by atoms with E-state index in [4.69, 9.17) is 14.2 Å². The van der Waals surface area contributed by atoms with Crippen LogP contribution in [-0.2, 0) is 11.8 Å². The zero-order chi connectivity index (χ0) is 24.1. The molecular formula is C23H27N5O5. The van der Waals surface area contributed by atoms with E-state index in [-0.39, 0.29) is 23.8 Å². The number of hydrogen-bond donors (Lipinski definition) is 1. The summed E-state index contributed by atoms with van der Waals surface area (Å²) in [5.41, 5.74) is 3.00. The number of carbonyl (C=O) groups is 2. The molecule has 3 aromatic rings. The van der Waals surface area contributed by atoms with E-state index in [2.05, 4.69) is 26.4 Å². The van der Waals surface area contributed by atoms with Crippen molar-refractivity contribution in [3.05, 3.63) is 53.1 Å². The lowest BCUT2D eigenvalue weighted by atomic mass is 10.1. The Labute approximate surface area is 191 Å². The maximum atomic E-state index is 13.0. The van der Waals surface area contributed by atoms with Gasteiger partial charge in [0.15, 0.2) is 17.3 Å². The normalized spacial score (nSPS) is 11.6. The van der Waals surface area contributed by atoms with E-state index < -0.39 is 18.1 Å². The lowest BCUT2D eigenvalue weighted by Crippen LogP contribution is -2.30. The fourth-order valence-electron chi connectivity index (χ4n) is 3.41. The van der Waals surface area contributed by atoms with E-state index in [1.807, 2.05) is 26.0 Å². The first-order valence-corrected chi connectivity index (χ1v) is 10.4. The zero-order valence-electron chi connectivity index (χ0n) is 19.5. The van der Waals surface area contributed by atoms with Gasteiger partial charge in [-0.3, -0.25) is 9.48 Å². The van der Waals surface area contributed by atoms with Crippen molar-refractivity contribution in [2.45, 2.75) is 33.7 Å². The molecule has 10 heteroatoms. The second-order valence-electron chi connectivity index (χ2n) is 7.46. The summed E-state index contributed by atoms with van der Waals surface area (Å²) < 4.78 is 16.8. The topological polar surface area (TPSA) is 117 Å². The van der Waals surface area contributed by atoms with Crippen molar-refractivity contribution in [2.24, 2.45) is 7.05 Å². The molecule has 0 spiro atoms. The van der Waals surface area contributed by atoms with Gasteiger partial charge in [0.2, 0.25) is 5.75 Å². The van der Waals surface area contributed by atoms with Gasteiger partial charge in [-0.2, -0.15) is 5.10 Å². The van der Waals surface area contributed by atoms with Crippen LogP contribution in [0.3, 0.4) is 0 Å². The SMILES string of the molecule is CCOC(=O)Oc1c(OC)ccnc1C(=O)N[C@@H](C)c1nc(-c2cc(C)cc(C)c2)nn1C. The molecule has 2 heterocycles. The maximum absolute atomic E-state index is 13.0. The Kier molecular flexibility index (Phi) is 7.27. The number of carbonyl (C=O) groups excluding carboxylic acids is 2. The molecule has 1 atom stereocenters. The van der Waals surface area contributed by atoms with E-state index in [0.717, 1.165) is 16.7 Å². The fourth-order valence-corrected chi connectivity index (χ4v) is 3.41. The third-order valence-corrected chi connectivity index (χ3v) is 4.76.